The summed E-state index contributed by atoms with van der Waals surface area (Å²) in [7, 11) is 0. The van der Waals surface area contributed by atoms with Gasteiger partial charge < -0.3 is 16.0 Å². The first-order valence-corrected chi connectivity index (χ1v) is 9.57. The summed E-state index contributed by atoms with van der Waals surface area (Å²) in [6.45, 7) is 2.06. The van der Waals surface area contributed by atoms with Crippen LogP contribution in [0.3, 0.4) is 0 Å². The molecule has 0 saturated carbocycles. The topological polar surface area (TPSA) is 95.6 Å². The Bertz CT molecular complexity index is 1170. The number of hydrogen-bond acceptors (Lipinski definition) is 5. The van der Waals surface area contributed by atoms with E-state index in [1.807, 2.05) is 12.1 Å². The van der Waals surface area contributed by atoms with Crippen LogP contribution in [0.2, 0.25) is 0 Å². The van der Waals surface area contributed by atoms with E-state index < -0.39 is 0 Å². The lowest BCUT2D eigenvalue weighted by Gasteiger charge is -2.27. The number of nitrogens with zero attached hydrogens (tertiary/aromatic N) is 4. The molecule has 3 aromatic heterocycles. The summed E-state index contributed by atoms with van der Waals surface area (Å²) in [5.74, 6) is 1.76. The number of anilines is 2. The van der Waals surface area contributed by atoms with E-state index in [1.54, 1.807) is 12.1 Å². The van der Waals surface area contributed by atoms with Gasteiger partial charge in [0.2, 0.25) is 0 Å². The van der Waals surface area contributed by atoms with Crippen molar-refractivity contribution in [3.63, 3.8) is 0 Å². The number of hydrogen-bond donors (Lipinski definition) is 2. The van der Waals surface area contributed by atoms with Crippen LogP contribution < -0.4 is 11.5 Å². The van der Waals surface area contributed by atoms with Crippen molar-refractivity contribution in [2.45, 2.75) is 32.2 Å². The van der Waals surface area contributed by atoms with Crippen molar-refractivity contribution >= 4 is 22.8 Å². The highest BCUT2D eigenvalue weighted by Crippen LogP contribution is 2.36. The van der Waals surface area contributed by atoms with Crippen LogP contribution in [0.15, 0.2) is 48.5 Å². The van der Waals surface area contributed by atoms with Crippen molar-refractivity contribution < 1.29 is 0 Å². The highest BCUT2D eigenvalue weighted by Gasteiger charge is 2.25. The molecule has 1 aromatic carbocycles. The van der Waals surface area contributed by atoms with E-state index in [-0.39, 0.29) is 6.04 Å². The summed E-state index contributed by atoms with van der Waals surface area (Å²) in [4.78, 5) is 13.8. The quantitative estimate of drug-likeness (QED) is 0.558. The van der Waals surface area contributed by atoms with Gasteiger partial charge in [-0.05, 0) is 61.6 Å². The Kier molecular flexibility index (Phi) is 3.79. The number of benzene rings is 1. The Morgan fingerprint density at radius 3 is 2.57 bits per heavy atom. The fourth-order valence-corrected chi connectivity index (χ4v) is 4.34. The van der Waals surface area contributed by atoms with Gasteiger partial charge in [-0.15, -0.1) is 0 Å². The zero-order valence-corrected chi connectivity index (χ0v) is 15.8. The minimum absolute atomic E-state index is 0.255. The van der Waals surface area contributed by atoms with Gasteiger partial charge in [-0.25, -0.2) is 15.0 Å². The van der Waals surface area contributed by atoms with Crippen molar-refractivity contribution in [3.8, 4) is 11.3 Å². The highest BCUT2D eigenvalue weighted by atomic mass is 15.2. The van der Waals surface area contributed by atoms with E-state index >= 15 is 0 Å². The Morgan fingerprint density at radius 1 is 0.964 bits per heavy atom. The lowest BCUT2D eigenvalue weighted by Crippen LogP contribution is -2.18. The molecule has 0 fully saturated rings. The molecule has 5 rings (SSSR count). The Labute approximate surface area is 163 Å². The lowest BCUT2D eigenvalue weighted by atomic mass is 9.87. The Morgan fingerprint density at radius 2 is 1.75 bits per heavy atom. The van der Waals surface area contributed by atoms with E-state index in [0.717, 1.165) is 47.5 Å². The number of aromatic nitrogens is 4. The lowest BCUT2D eigenvalue weighted by molar-refractivity contribution is 0.489. The first kappa shape index (κ1) is 16.7. The molecule has 3 heterocycles. The van der Waals surface area contributed by atoms with Gasteiger partial charge in [0, 0.05) is 5.56 Å². The summed E-state index contributed by atoms with van der Waals surface area (Å²) in [5.41, 5.74) is 18.0. The molecule has 4 aromatic rings. The number of aryl methyl sites for hydroxylation is 2. The molecule has 6 heteroatoms. The number of pyridine rings is 2. The normalized spacial score (nSPS) is 16.2. The summed E-state index contributed by atoms with van der Waals surface area (Å²) in [6.07, 6.45) is 3.38. The van der Waals surface area contributed by atoms with Crippen LogP contribution in [0.4, 0.5) is 11.6 Å². The van der Waals surface area contributed by atoms with Crippen molar-refractivity contribution in [1.29, 1.82) is 0 Å². The predicted octanol–water partition coefficient (Wildman–Crippen LogP) is 3.89. The summed E-state index contributed by atoms with van der Waals surface area (Å²) in [6, 6.07) is 16.5. The van der Waals surface area contributed by atoms with E-state index in [2.05, 4.69) is 40.7 Å². The minimum atomic E-state index is 0.255. The van der Waals surface area contributed by atoms with E-state index in [4.69, 9.17) is 21.4 Å². The van der Waals surface area contributed by atoms with Crippen molar-refractivity contribution in [2.24, 2.45) is 0 Å². The monoisotopic (exact) mass is 370 g/mol. The number of imidazole rings is 1. The maximum atomic E-state index is 5.88. The maximum absolute atomic E-state index is 5.88. The Balaban J connectivity index is 1.69. The van der Waals surface area contributed by atoms with Gasteiger partial charge in [0.05, 0.1) is 11.7 Å². The number of rotatable bonds is 2. The van der Waals surface area contributed by atoms with Crippen LogP contribution in [-0.2, 0) is 6.42 Å². The first-order chi connectivity index (χ1) is 13.6. The van der Waals surface area contributed by atoms with Crippen molar-refractivity contribution in [3.05, 3.63) is 65.5 Å². The molecule has 1 aliphatic rings. The van der Waals surface area contributed by atoms with Crippen LogP contribution in [0.25, 0.3) is 22.4 Å². The fourth-order valence-electron chi connectivity index (χ4n) is 4.34. The Hall–Kier alpha value is -3.41. The molecule has 0 saturated heterocycles. The largest absolute Gasteiger partial charge is 0.384 e. The molecule has 1 atom stereocenters. The molecule has 0 spiro atoms. The average molecular weight is 370 g/mol. The zero-order chi connectivity index (χ0) is 19.3. The van der Waals surface area contributed by atoms with E-state index in [1.165, 1.54) is 11.1 Å². The van der Waals surface area contributed by atoms with Crippen LogP contribution in [0.1, 0.15) is 35.8 Å². The van der Waals surface area contributed by atoms with Gasteiger partial charge in [0.15, 0.2) is 5.65 Å². The van der Waals surface area contributed by atoms with Crippen molar-refractivity contribution in [2.75, 3.05) is 11.5 Å². The number of fused-ring (bicyclic) bond motifs is 2. The summed E-state index contributed by atoms with van der Waals surface area (Å²) >= 11 is 0. The van der Waals surface area contributed by atoms with Gasteiger partial charge in [-0.1, -0.05) is 24.3 Å². The maximum Gasteiger partial charge on any atom is 0.161 e. The van der Waals surface area contributed by atoms with Gasteiger partial charge in [0.1, 0.15) is 23.0 Å². The van der Waals surface area contributed by atoms with E-state index in [0.29, 0.717) is 11.6 Å². The van der Waals surface area contributed by atoms with Crippen LogP contribution in [0, 0.1) is 6.92 Å². The van der Waals surface area contributed by atoms with Crippen LogP contribution in [0.5, 0.6) is 0 Å². The van der Waals surface area contributed by atoms with Gasteiger partial charge in [-0.3, -0.25) is 0 Å². The number of nitrogens with two attached hydrogens (primary N) is 2. The molecule has 0 bridgehead atoms. The molecule has 1 unspecified atom stereocenters. The van der Waals surface area contributed by atoms with Crippen molar-refractivity contribution in [1.82, 2.24) is 19.5 Å². The molecule has 6 nitrogen and oxygen atoms in total. The van der Waals surface area contributed by atoms with Crippen LogP contribution >= 0.6 is 0 Å². The van der Waals surface area contributed by atoms with E-state index in [9.17, 15) is 0 Å². The third-order valence-electron chi connectivity index (χ3n) is 5.52. The SMILES string of the molecule is Cc1nc2ccc(-c3cc(N)nc(N)c3)nc2n1C1CCCc2ccccc21. The molecular weight excluding hydrogens is 348 g/mol. The third kappa shape index (κ3) is 2.69. The second-order valence-electron chi connectivity index (χ2n) is 7.38. The second-order valence-corrected chi connectivity index (χ2v) is 7.38. The first-order valence-electron chi connectivity index (χ1n) is 9.57. The average Bonchev–Trinajstić information content (AvgIpc) is 3.01. The fraction of sp³-hybridized carbons (Fsp3) is 0.227. The molecule has 28 heavy (non-hydrogen) atoms. The molecule has 4 N–H and O–H groups in total. The number of nitrogen functional groups attached to an aromatic ring is 2. The van der Waals surface area contributed by atoms with Gasteiger partial charge >= 0.3 is 0 Å². The molecule has 0 amide bonds. The third-order valence-corrected chi connectivity index (χ3v) is 5.52. The molecule has 0 radical (unpaired) electrons. The van der Waals surface area contributed by atoms with Crippen LogP contribution in [-0.4, -0.2) is 19.5 Å². The second kappa shape index (κ2) is 6.34. The summed E-state index contributed by atoms with van der Waals surface area (Å²) < 4.78 is 2.28. The standard InChI is InChI=1S/C22H22N6/c1-13-25-18-10-9-17(15-11-20(23)27-21(24)12-15)26-22(18)28(13)19-8-4-6-14-5-2-3-7-16(14)19/h2-3,5,7,9-12,19H,4,6,8H2,1H3,(H4,23,24,27). The highest BCUT2D eigenvalue weighted by molar-refractivity contribution is 5.77. The zero-order valence-electron chi connectivity index (χ0n) is 15.8. The molecular formula is C22H22N6. The summed E-state index contributed by atoms with van der Waals surface area (Å²) in [5, 5.41) is 0. The smallest absolute Gasteiger partial charge is 0.161 e. The molecule has 0 aliphatic heterocycles. The minimum Gasteiger partial charge on any atom is -0.384 e. The van der Waals surface area contributed by atoms with Gasteiger partial charge in [0.25, 0.3) is 0 Å². The molecule has 1 aliphatic carbocycles. The molecule has 140 valence electrons. The predicted molar refractivity (Wildman–Crippen MR) is 112 cm³/mol. The van der Waals surface area contributed by atoms with Gasteiger partial charge in [-0.2, -0.15) is 0 Å².